The molecule has 0 bridgehead atoms. The molecule has 0 N–H and O–H groups in total. The quantitative estimate of drug-likeness (QED) is 0.707. The molecule has 152 valence electrons. The highest BCUT2D eigenvalue weighted by Crippen LogP contribution is 2.39. The van der Waals surface area contributed by atoms with Crippen molar-refractivity contribution in [1.82, 2.24) is 24.6 Å². The highest BCUT2D eigenvalue weighted by atomic mass is 16.4. The molecule has 2 aromatic heterocycles. The molecule has 6 heteroatoms. The van der Waals surface area contributed by atoms with Crippen LogP contribution in [-0.2, 0) is 13.5 Å². The van der Waals surface area contributed by atoms with Crippen LogP contribution in [0.5, 0.6) is 0 Å². The number of imidazole rings is 1. The van der Waals surface area contributed by atoms with Gasteiger partial charge in [0.1, 0.15) is 5.69 Å². The molecule has 2 aliphatic rings. The predicted octanol–water partition coefficient (Wildman–Crippen LogP) is 3.96. The summed E-state index contributed by atoms with van der Waals surface area (Å²) in [7, 11) is 1.94. The lowest BCUT2D eigenvalue weighted by atomic mass is 9.69. The number of allylic oxidation sites excluding steroid dienone is 1. The minimum atomic E-state index is 0.488. The van der Waals surface area contributed by atoms with Crippen LogP contribution in [0.1, 0.15) is 45.9 Å². The number of hydrogen-bond acceptors (Lipinski definition) is 5. The molecular weight excluding hydrogens is 350 g/mol. The monoisotopic (exact) mass is 383 g/mol. The van der Waals surface area contributed by atoms with Crippen LogP contribution >= 0.6 is 0 Å². The van der Waals surface area contributed by atoms with Gasteiger partial charge in [0.2, 0.25) is 5.89 Å². The lowest BCUT2D eigenvalue weighted by Crippen LogP contribution is -2.36. The summed E-state index contributed by atoms with van der Waals surface area (Å²) in [6, 6.07) is 0. The van der Waals surface area contributed by atoms with E-state index >= 15 is 0 Å². The van der Waals surface area contributed by atoms with E-state index in [9.17, 15) is 0 Å². The number of rotatable bonds is 6. The molecule has 3 atom stereocenters. The van der Waals surface area contributed by atoms with Crippen LogP contribution in [0.2, 0.25) is 0 Å². The average molecular weight is 384 g/mol. The molecule has 0 amide bonds. The van der Waals surface area contributed by atoms with Crippen molar-refractivity contribution in [3.05, 3.63) is 30.1 Å². The number of likely N-dealkylation sites (tertiary alicyclic amines) is 1. The van der Waals surface area contributed by atoms with Crippen molar-refractivity contribution >= 4 is 0 Å². The highest BCUT2D eigenvalue weighted by molar-refractivity contribution is 5.44. The lowest BCUT2D eigenvalue weighted by Gasteiger charge is -2.38. The van der Waals surface area contributed by atoms with Gasteiger partial charge in [0.25, 0.3) is 5.89 Å². The smallest absolute Gasteiger partial charge is 0.265 e. The molecule has 0 saturated carbocycles. The van der Waals surface area contributed by atoms with Crippen molar-refractivity contribution in [3.63, 3.8) is 0 Å². The number of aromatic nitrogens is 4. The molecule has 3 unspecified atom stereocenters. The molecule has 1 aliphatic heterocycles. The van der Waals surface area contributed by atoms with E-state index in [4.69, 9.17) is 4.42 Å². The zero-order valence-corrected chi connectivity index (χ0v) is 17.6. The van der Waals surface area contributed by atoms with Crippen LogP contribution in [0, 0.1) is 23.7 Å². The molecule has 1 saturated heterocycles. The normalized spacial score (nSPS) is 26.2. The second-order valence-electron chi connectivity index (χ2n) is 9.02. The van der Waals surface area contributed by atoms with Crippen molar-refractivity contribution in [2.75, 3.05) is 19.6 Å². The summed E-state index contributed by atoms with van der Waals surface area (Å²) in [5, 5.41) is 8.56. The molecular formula is C22H33N5O. The minimum absolute atomic E-state index is 0.488. The summed E-state index contributed by atoms with van der Waals surface area (Å²) < 4.78 is 7.88. The average Bonchev–Trinajstić information content (AvgIpc) is 3.39. The van der Waals surface area contributed by atoms with E-state index < -0.39 is 0 Å². The zero-order valence-electron chi connectivity index (χ0n) is 17.6. The number of hydrogen-bond donors (Lipinski definition) is 0. The SMILES string of the molecule is CC1=CC(CN2CCCC2)C(C(C)C)CC1Cc1nnc(-c2cncn2C)o1. The van der Waals surface area contributed by atoms with Crippen LogP contribution < -0.4 is 0 Å². The van der Waals surface area contributed by atoms with Crippen LogP contribution in [0.4, 0.5) is 0 Å². The summed E-state index contributed by atoms with van der Waals surface area (Å²) in [6.07, 6.45) is 10.8. The lowest BCUT2D eigenvalue weighted by molar-refractivity contribution is 0.175. The van der Waals surface area contributed by atoms with E-state index in [0.29, 0.717) is 29.6 Å². The summed E-state index contributed by atoms with van der Waals surface area (Å²) in [5.41, 5.74) is 2.35. The van der Waals surface area contributed by atoms with E-state index in [1.165, 1.54) is 44.5 Å². The van der Waals surface area contributed by atoms with Gasteiger partial charge in [0.15, 0.2) is 0 Å². The van der Waals surface area contributed by atoms with Crippen LogP contribution in [0.15, 0.2) is 28.6 Å². The topological polar surface area (TPSA) is 60.0 Å². The van der Waals surface area contributed by atoms with Gasteiger partial charge in [-0.2, -0.15) is 0 Å². The Morgan fingerprint density at radius 1 is 1.21 bits per heavy atom. The molecule has 2 aromatic rings. The first kappa shape index (κ1) is 19.4. The maximum atomic E-state index is 5.97. The second-order valence-corrected chi connectivity index (χ2v) is 9.02. The first-order valence-electron chi connectivity index (χ1n) is 10.7. The van der Waals surface area contributed by atoms with Gasteiger partial charge < -0.3 is 13.9 Å². The summed E-state index contributed by atoms with van der Waals surface area (Å²) in [6.45, 7) is 10.8. The third kappa shape index (κ3) is 4.07. The Hall–Kier alpha value is -1.95. The molecule has 1 aliphatic carbocycles. The fraction of sp³-hybridized carbons (Fsp3) is 0.682. The molecule has 0 aromatic carbocycles. The molecule has 6 nitrogen and oxygen atoms in total. The Balaban J connectivity index is 1.47. The molecule has 0 spiro atoms. The van der Waals surface area contributed by atoms with E-state index in [1.807, 2.05) is 11.6 Å². The molecule has 28 heavy (non-hydrogen) atoms. The van der Waals surface area contributed by atoms with Crippen molar-refractivity contribution in [2.24, 2.45) is 30.7 Å². The fourth-order valence-corrected chi connectivity index (χ4v) is 4.96. The van der Waals surface area contributed by atoms with E-state index in [0.717, 1.165) is 18.0 Å². The van der Waals surface area contributed by atoms with E-state index in [-0.39, 0.29) is 0 Å². The van der Waals surface area contributed by atoms with Crippen molar-refractivity contribution in [3.8, 4) is 11.6 Å². The van der Waals surface area contributed by atoms with Gasteiger partial charge in [-0.3, -0.25) is 0 Å². The standard InChI is InChI=1S/C22H33N5O/c1-15(2)19-10-17(16(3)9-18(19)13-27-7-5-6-8-27)11-21-24-25-22(28-21)20-12-23-14-26(20)4/h9,12,14-15,17-19H,5-8,10-11,13H2,1-4H3. The highest BCUT2D eigenvalue weighted by Gasteiger charge is 2.33. The van der Waals surface area contributed by atoms with Gasteiger partial charge >= 0.3 is 0 Å². The molecule has 4 rings (SSSR count). The van der Waals surface area contributed by atoms with Crippen molar-refractivity contribution in [2.45, 2.75) is 46.5 Å². The van der Waals surface area contributed by atoms with Crippen LogP contribution in [0.3, 0.4) is 0 Å². The van der Waals surface area contributed by atoms with Gasteiger partial charge in [-0.1, -0.05) is 25.5 Å². The molecule has 0 radical (unpaired) electrons. The Bertz CT molecular complexity index is 815. The minimum Gasteiger partial charge on any atom is -0.419 e. The summed E-state index contributed by atoms with van der Waals surface area (Å²) in [4.78, 5) is 6.79. The Morgan fingerprint density at radius 3 is 2.68 bits per heavy atom. The second kappa shape index (κ2) is 8.19. The van der Waals surface area contributed by atoms with E-state index in [2.05, 4.69) is 46.9 Å². The Kier molecular flexibility index (Phi) is 5.67. The summed E-state index contributed by atoms with van der Waals surface area (Å²) >= 11 is 0. The Morgan fingerprint density at radius 2 is 2.00 bits per heavy atom. The maximum absolute atomic E-state index is 5.97. The predicted molar refractivity (Wildman–Crippen MR) is 110 cm³/mol. The van der Waals surface area contributed by atoms with Gasteiger partial charge in [-0.15, -0.1) is 10.2 Å². The third-order valence-electron chi connectivity index (χ3n) is 6.68. The maximum Gasteiger partial charge on any atom is 0.265 e. The number of aryl methyl sites for hydroxylation is 1. The number of nitrogens with zero attached hydrogens (tertiary/aromatic N) is 5. The zero-order chi connectivity index (χ0) is 19.7. The van der Waals surface area contributed by atoms with Crippen molar-refractivity contribution in [1.29, 1.82) is 0 Å². The van der Waals surface area contributed by atoms with Crippen LogP contribution in [-0.4, -0.2) is 44.3 Å². The fourth-order valence-electron chi connectivity index (χ4n) is 4.96. The first-order chi connectivity index (χ1) is 13.5. The first-order valence-corrected chi connectivity index (χ1v) is 10.7. The largest absolute Gasteiger partial charge is 0.419 e. The van der Waals surface area contributed by atoms with Gasteiger partial charge in [-0.05, 0) is 62.9 Å². The Labute approximate surface area is 168 Å². The van der Waals surface area contributed by atoms with Gasteiger partial charge in [0.05, 0.1) is 12.5 Å². The molecule has 3 heterocycles. The summed E-state index contributed by atoms with van der Waals surface area (Å²) in [5.74, 6) is 3.85. The third-order valence-corrected chi connectivity index (χ3v) is 6.68. The van der Waals surface area contributed by atoms with Crippen LogP contribution in [0.25, 0.3) is 11.6 Å². The molecule has 1 fully saturated rings. The van der Waals surface area contributed by atoms with Gasteiger partial charge in [0, 0.05) is 20.0 Å². The van der Waals surface area contributed by atoms with Gasteiger partial charge in [-0.25, -0.2) is 4.98 Å². The van der Waals surface area contributed by atoms with Crippen molar-refractivity contribution < 1.29 is 4.42 Å². The van der Waals surface area contributed by atoms with E-state index in [1.54, 1.807) is 12.5 Å².